The molecular weight excluding hydrogens is 280 g/mol. The largest absolute Gasteiger partial charge is 0.325 e. The van der Waals surface area contributed by atoms with E-state index in [0.29, 0.717) is 11.5 Å². The highest BCUT2D eigenvalue weighted by atomic mass is 16.2. The Balaban J connectivity index is 1.74. The molecule has 0 aliphatic carbocycles. The van der Waals surface area contributed by atoms with Gasteiger partial charge in [0.1, 0.15) is 5.82 Å². The summed E-state index contributed by atoms with van der Waals surface area (Å²) in [6, 6.07) is 8.63. The van der Waals surface area contributed by atoms with Gasteiger partial charge in [0, 0.05) is 23.0 Å². The number of anilines is 1. The first-order chi connectivity index (χ1) is 10.6. The standard InChI is InChI=1S/C16H18N4O2/c1-10-9-14(21)20-15(18-10)11-4-6-12(7-5-11)19-16(22)13-3-2-8-17-13/h4-7,9,13,17H,2-3,8H2,1H3,(H,19,22)(H,18,20,21). The van der Waals surface area contributed by atoms with Crippen LogP contribution in [0.3, 0.4) is 0 Å². The van der Waals surface area contributed by atoms with Gasteiger partial charge in [-0.15, -0.1) is 0 Å². The molecule has 3 rings (SSSR count). The summed E-state index contributed by atoms with van der Waals surface area (Å²) in [4.78, 5) is 30.5. The third-order valence-corrected chi connectivity index (χ3v) is 3.67. The number of hydrogen-bond acceptors (Lipinski definition) is 4. The van der Waals surface area contributed by atoms with Crippen molar-refractivity contribution in [3.05, 3.63) is 46.4 Å². The van der Waals surface area contributed by atoms with E-state index >= 15 is 0 Å². The summed E-state index contributed by atoms with van der Waals surface area (Å²) in [6.07, 6.45) is 1.90. The topological polar surface area (TPSA) is 86.9 Å². The maximum Gasteiger partial charge on any atom is 0.251 e. The Bertz CT molecular complexity index is 731. The number of aryl methyl sites for hydroxylation is 1. The van der Waals surface area contributed by atoms with Crippen LogP contribution in [0.15, 0.2) is 35.1 Å². The predicted octanol–water partition coefficient (Wildman–Crippen LogP) is 1.44. The minimum absolute atomic E-state index is 0.00709. The van der Waals surface area contributed by atoms with E-state index in [1.807, 2.05) is 24.3 Å². The number of carbonyl (C=O) groups excluding carboxylic acids is 1. The normalized spacial score (nSPS) is 17.4. The Hall–Kier alpha value is -2.47. The van der Waals surface area contributed by atoms with Gasteiger partial charge in [0.2, 0.25) is 5.91 Å². The molecule has 1 aliphatic rings. The first-order valence-corrected chi connectivity index (χ1v) is 7.34. The second kappa shape index (κ2) is 6.11. The minimum Gasteiger partial charge on any atom is -0.325 e. The second-order valence-electron chi connectivity index (χ2n) is 5.45. The molecule has 1 amide bonds. The number of benzene rings is 1. The van der Waals surface area contributed by atoms with E-state index in [4.69, 9.17) is 0 Å². The zero-order chi connectivity index (χ0) is 15.5. The molecule has 0 spiro atoms. The van der Waals surface area contributed by atoms with E-state index in [1.165, 1.54) is 6.07 Å². The van der Waals surface area contributed by atoms with Crippen LogP contribution in [-0.4, -0.2) is 28.5 Å². The third-order valence-electron chi connectivity index (χ3n) is 3.67. The van der Waals surface area contributed by atoms with Gasteiger partial charge in [-0.1, -0.05) is 0 Å². The van der Waals surface area contributed by atoms with E-state index in [2.05, 4.69) is 20.6 Å². The maximum absolute atomic E-state index is 12.0. The van der Waals surface area contributed by atoms with Gasteiger partial charge in [0.05, 0.1) is 6.04 Å². The van der Waals surface area contributed by atoms with Crippen molar-refractivity contribution in [2.45, 2.75) is 25.8 Å². The van der Waals surface area contributed by atoms with Crippen LogP contribution < -0.4 is 16.2 Å². The predicted molar refractivity (Wildman–Crippen MR) is 84.7 cm³/mol. The molecule has 1 aromatic heterocycles. The van der Waals surface area contributed by atoms with E-state index < -0.39 is 0 Å². The zero-order valence-electron chi connectivity index (χ0n) is 12.3. The Morgan fingerprint density at radius 2 is 2.09 bits per heavy atom. The van der Waals surface area contributed by atoms with Crippen molar-refractivity contribution >= 4 is 11.6 Å². The molecule has 1 fully saturated rings. The number of hydrogen-bond donors (Lipinski definition) is 3. The summed E-state index contributed by atoms with van der Waals surface area (Å²) in [6.45, 7) is 2.67. The average molecular weight is 298 g/mol. The molecule has 22 heavy (non-hydrogen) atoms. The van der Waals surface area contributed by atoms with Crippen molar-refractivity contribution in [3.8, 4) is 11.4 Å². The number of rotatable bonds is 3. The third kappa shape index (κ3) is 3.23. The SMILES string of the molecule is Cc1cc(=O)[nH]c(-c2ccc(NC(=O)C3CCCN3)cc2)n1. The average Bonchev–Trinajstić information content (AvgIpc) is 3.01. The molecule has 0 bridgehead atoms. The molecule has 1 unspecified atom stereocenters. The molecule has 6 nitrogen and oxygen atoms in total. The van der Waals surface area contributed by atoms with Gasteiger partial charge in [-0.05, 0) is 50.6 Å². The highest BCUT2D eigenvalue weighted by Gasteiger charge is 2.21. The fourth-order valence-electron chi connectivity index (χ4n) is 2.56. The smallest absolute Gasteiger partial charge is 0.251 e. The van der Waals surface area contributed by atoms with Crippen molar-refractivity contribution in [2.75, 3.05) is 11.9 Å². The van der Waals surface area contributed by atoms with Crippen molar-refractivity contribution in [2.24, 2.45) is 0 Å². The molecule has 2 heterocycles. The first kappa shape index (κ1) is 14.5. The van der Waals surface area contributed by atoms with Gasteiger partial charge < -0.3 is 15.6 Å². The van der Waals surface area contributed by atoms with Crippen LogP contribution in [0.5, 0.6) is 0 Å². The summed E-state index contributed by atoms with van der Waals surface area (Å²) < 4.78 is 0. The van der Waals surface area contributed by atoms with Crippen LogP contribution in [0.25, 0.3) is 11.4 Å². The van der Waals surface area contributed by atoms with Crippen molar-refractivity contribution < 1.29 is 4.79 Å². The Morgan fingerprint density at radius 1 is 1.32 bits per heavy atom. The number of aromatic amines is 1. The maximum atomic E-state index is 12.0. The highest BCUT2D eigenvalue weighted by molar-refractivity contribution is 5.95. The Kier molecular flexibility index (Phi) is 4.02. The Morgan fingerprint density at radius 3 is 2.73 bits per heavy atom. The van der Waals surface area contributed by atoms with Gasteiger partial charge >= 0.3 is 0 Å². The second-order valence-corrected chi connectivity index (χ2v) is 5.45. The lowest BCUT2D eigenvalue weighted by Gasteiger charge is -2.11. The number of H-pyrrole nitrogens is 1. The monoisotopic (exact) mass is 298 g/mol. The van der Waals surface area contributed by atoms with Crippen LogP contribution in [0.2, 0.25) is 0 Å². The van der Waals surface area contributed by atoms with Crippen LogP contribution in [0, 0.1) is 6.92 Å². The van der Waals surface area contributed by atoms with Crippen LogP contribution in [0.4, 0.5) is 5.69 Å². The van der Waals surface area contributed by atoms with E-state index in [0.717, 1.165) is 30.6 Å². The lowest BCUT2D eigenvalue weighted by molar-refractivity contribution is -0.117. The zero-order valence-corrected chi connectivity index (χ0v) is 12.3. The van der Waals surface area contributed by atoms with Gasteiger partial charge in [0.25, 0.3) is 5.56 Å². The van der Waals surface area contributed by atoms with E-state index in [9.17, 15) is 9.59 Å². The van der Waals surface area contributed by atoms with Crippen molar-refractivity contribution in [1.29, 1.82) is 0 Å². The van der Waals surface area contributed by atoms with E-state index in [-0.39, 0.29) is 17.5 Å². The summed E-state index contributed by atoms with van der Waals surface area (Å²) in [5, 5.41) is 6.06. The highest BCUT2D eigenvalue weighted by Crippen LogP contribution is 2.18. The fraction of sp³-hybridized carbons (Fsp3) is 0.312. The molecule has 0 radical (unpaired) electrons. The summed E-state index contributed by atoms with van der Waals surface area (Å²) in [5.41, 5.74) is 2.03. The van der Waals surface area contributed by atoms with Crippen LogP contribution in [-0.2, 0) is 4.79 Å². The molecule has 1 aromatic carbocycles. The molecule has 1 aliphatic heterocycles. The van der Waals surface area contributed by atoms with Crippen molar-refractivity contribution in [1.82, 2.24) is 15.3 Å². The number of carbonyl (C=O) groups is 1. The molecule has 3 N–H and O–H groups in total. The summed E-state index contributed by atoms with van der Waals surface area (Å²) in [7, 11) is 0. The quantitative estimate of drug-likeness (QED) is 0.800. The number of nitrogens with zero attached hydrogens (tertiary/aromatic N) is 1. The van der Waals surface area contributed by atoms with Gasteiger partial charge in [0.15, 0.2) is 0 Å². The summed E-state index contributed by atoms with van der Waals surface area (Å²) >= 11 is 0. The van der Waals surface area contributed by atoms with Gasteiger partial charge in [-0.2, -0.15) is 0 Å². The molecule has 114 valence electrons. The molecule has 2 aromatic rings. The van der Waals surface area contributed by atoms with Crippen molar-refractivity contribution in [3.63, 3.8) is 0 Å². The van der Waals surface area contributed by atoms with Crippen LogP contribution >= 0.6 is 0 Å². The summed E-state index contributed by atoms with van der Waals surface area (Å²) in [5.74, 6) is 0.521. The molecular formula is C16H18N4O2. The molecule has 1 atom stereocenters. The number of aromatic nitrogens is 2. The lowest BCUT2D eigenvalue weighted by atomic mass is 10.1. The fourth-order valence-corrected chi connectivity index (χ4v) is 2.56. The molecule has 6 heteroatoms. The minimum atomic E-state index is -0.174. The van der Waals surface area contributed by atoms with E-state index in [1.54, 1.807) is 6.92 Å². The van der Waals surface area contributed by atoms with Gasteiger partial charge in [-0.25, -0.2) is 4.98 Å². The first-order valence-electron chi connectivity index (χ1n) is 7.34. The Labute approximate surface area is 128 Å². The molecule has 1 saturated heterocycles. The lowest BCUT2D eigenvalue weighted by Crippen LogP contribution is -2.35. The number of nitrogens with one attached hydrogen (secondary N) is 3. The van der Waals surface area contributed by atoms with Gasteiger partial charge in [-0.3, -0.25) is 9.59 Å². The number of amides is 1. The molecule has 0 saturated carbocycles. The van der Waals surface area contributed by atoms with Crippen LogP contribution in [0.1, 0.15) is 18.5 Å².